The van der Waals surface area contributed by atoms with Gasteiger partial charge in [-0.05, 0) is 148 Å². The quantitative estimate of drug-likeness (QED) is 0.0262. The van der Waals surface area contributed by atoms with E-state index in [1.165, 1.54) is 77.0 Å². The zero-order chi connectivity index (χ0) is 51.4. The SMILES string of the molecule is CCCCC/C=C\C/C=C\C/C=C\C/C=C\CCCCCC(=O)OCC(COC(=O)CCCCC/C=C\C/C=C\C/C=C\C/C=C\CCCCC)OC(=O)CCCC/C=C\C/C=C\C/C=C\CCCCC. The smallest absolute Gasteiger partial charge is 0.306 e. The van der Waals surface area contributed by atoms with E-state index >= 15 is 0 Å². The summed E-state index contributed by atoms with van der Waals surface area (Å²) in [4.78, 5) is 38.1. The molecule has 0 N–H and O–H groups in total. The summed E-state index contributed by atoms with van der Waals surface area (Å²) in [7, 11) is 0. The highest BCUT2D eigenvalue weighted by Crippen LogP contribution is 2.11. The minimum absolute atomic E-state index is 0.125. The second-order valence-electron chi connectivity index (χ2n) is 18.5. The van der Waals surface area contributed by atoms with Crippen molar-refractivity contribution in [3.8, 4) is 0 Å². The summed E-state index contributed by atoms with van der Waals surface area (Å²) in [5.41, 5.74) is 0. The van der Waals surface area contributed by atoms with Gasteiger partial charge in [0.05, 0.1) is 0 Å². The van der Waals surface area contributed by atoms with Gasteiger partial charge in [0, 0.05) is 19.3 Å². The molecule has 71 heavy (non-hydrogen) atoms. The molecule has 400 valence electrons. The molecule has 0 amide bonds. The number of ether oxygens (including phenoxy) is 3. The molecule has 0 aliphatic carbocycles. The number of rotatable bonds is 50. The van der Waals surface area contributed by atoms with E-state index in [2.05, 4.69) is 154 Å². The molecule has 0 fully saturated rings. The standard InChI is InChI=1S/C65H104O6/c1-4-7-10-13-16-19-22-25-28-30-32-34-37-39-42-45-48-51-54-57-63(66)69-60-62(71-65(68)59-56-53-50-47-44-41-36-27-24-21-18-15-12-9-6-3)61-70-64(67)58-55-52-49-46-43-40-38-35-33-31-29-26-23-20-17-14-11-8-5-2/h16-21,25-29,32-36,39-40,42-44,47,62H,4-15,22-24,30-31,37-38,41,45-46,48-61H2,1-3H3/b19-16-,20-17-,21-18-,28-25-,29-26-,34-32-,35-33-,36-27-,42-39-,43-40-,47-44-. The van der Waals surface area contributed by atoms with E-state index in [0.29, 0.717) is 19.3 Å². The first-order chi connectivity index (χ1) is 35.0. The van der Waals surface area contributed by atoms with E-state index in [0.717, 1.165) is 116 Å². The lowest BCUT2D eigenvalue weighted by molar-refractivity contribution is -0.167. The molecule has 6 nitrogen and oxygen atoms in total. The van der Waals surface area contributed by atoms with Crippen molar-refractivity contribution in [3.05, 3.63) is 134 Å². The Labute approximate surface area is 436 Å². The summed E-state index contributed by atoms with van der Waals surface area (Å²) in [6.07, 6.45) is 81.5. The van der Waals surface area contributed by atoms with Crippen LogP contribution < -0.4 is 0 Å². The average Bonchev–Trinajstić information content (AvgIpc) is 3.37. The van der Waals surface area contributed by atoms with Crippen LogP contribution in [0.4, 0.5) is 0 Å². The van der Waals surface area contributed by atoms with Crippen molar-refractivity contribution < 1.29 is 28.6 Å². The molecule has 0 spiro atoms. The number of allylic oxidation sites excluding steroid dienone is 22. The van der Waals surface area contributed by atoms with Gasteiger partial charge >= 0.3 is 17.9 Å². The predicted octanol–water partition coefficient (Wildman–Crippen LogP) is 19.4. The molecule has 6 heteroatoms. The molecule has 0 saturated carbocycles. The number of hydrogen-bond donors (Lipinski definition) is 0. The van der Waals surface area contributed by atoms with Crippen LogP contribution in [-0.4, -0.2) is 37.2 Å². The van der Waals surface area contributed by atoms with Gasteiger partial charge in [0.2, 0.25) is 0 Å². The van der Waals surface area contributed by atoms with Crippen LogP contribution >= 0.6 is 0 Å². The fourth-order valence-electron chi connectivity index (χ4n) is 7.24. The Morgan fingerprint density at radius 2 is 0.507 bits per heavy atom. The van der Waals surface area contributed by atoms with E-state index in [-0.39, 0.29) is 37.5 Å². The lowest BCUT2D eigenvalue weighted by Gasteiger charge is -2.18. The number of hydrogen-bond acceptors (Lipinski definition) is 6. The van der Waals surface area contributed by atoms with Crippen molar-refractivity contribution in [1.82, 2.24) is 0 Å². The third-order valence-corrected chi connectivity index (χ3v) is 11.6. The van der Waals surface area contributed by atoms with Gasteiger partial charge in [0.1, 0.15) is 13.2 Å². The van der Waals surface area contributed by atoms with Gasteiger partial charge in [-0.3, -0.25) is 14.4 Å². The van der Waals surface area contributed by atoms with Crippen molar-refractivity contribution in [2.45, 2.75) is 245 Å². The van der Waals surface area contributed by atoms with Crippen LogP contribution in [0.25, 0.3) is 0 Å². The third kappa shape index (κ3) is 56.3. The zero-order valence-electron chi connectivity index (χ0n) is 45.7. The molecule has 0 unspecified atom stereocenters. The number of carbonyl (C=O) groups is 3. The normalized spacial score (nSPS) is 12.7. The Balaban J connectivity index is 4.58. The van der Waals surface area contributed by atoms with Crippen molar-refractivity contribution in [2.75, 3.05) is 13.2 Å². The fourth-order valence-corrected chi connectivity index (χ4v) is 7.24. The third-order valence-electron chi connectivity index (χ3n) is 11.6. The summed E-state index contributed by atoms with van der Waals surface area (Å²) >= 11 is 0. The molecule has 0 rings (SSSR count). The van der Waals surface area contributed by atoms with Gasteiger partial charge in [0.25, 0.3) is 0 Å². The predicted molar refractivity (Wildman–Crippen MR) is 306 cm³/mol. The highest BCUT2D eigenvalue weighted by Gasteiger charge is 2.19. The minimum Gasteiger partial charge on any atom is -0.462 e. The fraction of sp³-hybridized carbons (Fsp3) is 0.615. The maximum absolute atomic E-state index is 12.8. The second kappa shape index (κ2) is 58.1. The van der Waals surface area contributed by atoms with Crippen molar-refractivity contribution in [1.29, 1.82) is 0 Å². The van der Waals surface area contributed by atoms with Gasteiger partial charge in [-0.15, -0.1) is 0 Å². The first-order valence-electron chi connectivity index (χ1n) is 28.7. The van der Waals surface area contributed by atoms with E-state index in [9.17, 15) is 14.4 Å². The molecule has 0 radical (unpaired) electrons. The Bertz CT molecular complexity index is 1470. The van der Waals surface area contributed by atoms with Crippen LogP contribution in [0.1, 0.15) is 239 Å². The molecule has 0 aliphatic rings. The number of unbranched alkanes of at least 4 members (excludes halogenated alkanes) is 17. The maximum atomic E-state index is 12.8. The van der Waals surface area contributed by atoms with Crippen molar-refractivity contribution in [2.24, 2.45) is 0 Å². The highest BCUT2D eigenvalue weighted by molar-refractivity contribution is 5.71. The topological polar surface area (TPSA) is 78.9 Å². The van der Waals surface area contributed by atoms with Crippen LogP contribution in [0.15, 0.2) is 134 Å². The summed E-state index contributed by atoms with van der Waals surface area (Å²) in [5.74, 6) is -1.03. The molecule has 0 atom stereocenters. The molecule has 0 aromatic rings. The molecular formula is C65H104O6. The molecule has 0 aliphatic heterocycles. The molecule has 0 heterocycles. The van der Waals surface area contributed by atoms with Crippen LogP contribution in [0, 0.1) is 0 Å². The zero-order valence-corrected chi connectivity index (χ0v) is 45.7. The first kappa shape index (κ1) is 66.6. The molecule has 0 saturated heterocycles. The van der Waals surface area contributed by atoms with Crippen molar-refractivity contribution in [3.63, 3.8) is 0 Å². The van der Waals surface area contributed by atoms with Crippen LogP contribution in [0.3, 0.4) is 0 Å². The second-order valence-corrected chi connectivity index (χ2v) is 18.5. The van der Waals surface area contributed by atoms with Crippen LogP contribution in [0.2, 0.25) is 0 Å². The Kier molecular flexibility index (Phi) is 54.5. The van der Waals surface area contributed by atoms with Gasteiger partial charge < -0.3 is 14.2 Å². The first-order valence-corrected chi connectivity index (χ1v) is 28.7. The lowest BCUT2D eigenvalue weighted by Crippen LogP contribution is -2.30. The highest BCUT2D eigenvalue weighted by atomic mass is 16.6. The van der Waals surface area contributed by atoms with Gasteiger partial charge in [-0.25, -0.2) is 0 Å². The van der Waals surface area contributed by atoms with E-state index in [1.807, 2.05) is 0 Å². The molecule has 0 aromatic carbocycles. The van der Waals surface area contributed by atoms with Crippen LogP contribution in [0.5, 0.6) is 0 Å². The average molecular weight is 982 g/mol. The Hall–Kier alpha value is -4.45. The number of carbonyl (C=O) groups excluding carboxylic acids is 3. The summed E-state index contributed by atoms with van der Waals surface area (Å²) in [6.45, 7) is 6.45. The maximum Gasteiger partial charge on any atom is 0.306 e. The van der Waals surface area contributed by atoms with Gasteiger partial charge in [-0.1, -0.05) is 206 Å². The molecular weight excluding hydrogens is 877 g/mol. The summed E-state index contributed by atoms with van der Waals surface area (Å²) in [5, 5.41) is 0. The molecule has 0 bridgehead atoms. The monoisotopic (exact) mass is 981 g/mol. The largest absolute Gasteiger partial charge is 0.462 e. The van der Waals surface area contributed by atoms with Gasteiger partial charge in [0.15, 0.2) is 6.10 Å². The Morgan fingerprint density at radius 1 is 0.282 bits per heavy atom. The minimum atomic E-state index is -0.830. The summed E-state index contributed by atoms with van der Waals surface area (Å²) in [6, 6.07) is 0. The summed E-state index contributed by atoms with van der Waals surface area (Å²) < 4.78 is 16.8. The number of esters is 3. The van der Waals surface area contributed by atoms with E-state index < -0.39 is 6.10 Å². The van der Waals surface area contributed by atoms with E-state index in [1.54, 1.807) is 0 Å². The van der Waals surface area contributed by atoms with Crippen molar-refractivity contribution >= 4 is 17.9 Å². The van der Waals surface area contributed by atoms with Gasteiger partial charge in [-0.2, -0.15) is 0 Å². The molecule has 0 aromatic heterocycles. The van der Waals surface area contributed by atoms with E-state index in [4.69, 9.17) is 14.2 Å². The lowest BCUT2D eigenvalue weighted by atomic mass is 10.1. The van der Waals surface area contributed by atoms with Crippen LogP contribution in [-0.2, 0) is 28.6 Å². The Morgan fingerprint density at radius 3 is 0.789 bits per heavy atom.